The number of nitrogens with one attached hydrogen (secondary N) is 1. The van der Waals surface area contributed by atoms with Crippen molar-refractivity contribution in [3.8, 4) is 0 Å². The third-order valence-corrected chi connectivity index (χ3v) is 3.99. The fourth-order valence-corrected chi connectivity index (χ4v) is 3.17. The molecule has 1 saturated heterocycles. The van der Waals surface area contributed by atoms with E-state index in [2.05, 4.69) is 4.72 Å². The van der Waals surface area contributed by atoms with Crippen molar-refractivity contribution < 1.29 is 17.9 Å². The van der Waals surface area contributed by atoms with Gasteiger partial charge in [-0.3, -0.25) is 9.52 Å². The van der Waals surface area contributed by atoms with E-state index in [1.165, 1.54) is 0 Å². The predicted octanol–water partition coefficient (Wildman–Crippen LogP) is 1.44. The second kappa shape index (κ2) is 6.02. The fraction of sp³-hybridized carbons (Fsp3) is 0.917. The number of amides is 1. The van der Waals surface area contributed by atoms with Gasteiger partial charge in [-0.05, 0) is 24.7 Å². The maximum atomic E-state index is 11.8. The monoisotopic (exact) mass is 277 g/mol. The van der Waals surface area contributed by atoms with Crippen LogP contribution in [0.1, 0.15) is 46.5 Å². The summed E-state index contributed by atoms with van der Waals surface area (Å²) in [5, 5.41) is 0. The molecule has 0 aliphatic carbocycles. The summed E-state index contributed by atoms with van der Waals surface area (Å²) in [6.07, 6.45) is 2.62. The van der Waals surface area contributed by atoms with Gasteiger partial charge >= 0.3 is 0 Å². The molecule has 1 aliphatic rings. The van der Waals surface area contributed by atoms with Gasteiger partial charge in [0.15, 0.2) is 0 Å². The Balaban J connectivity index is 2.46. The van der Waals surface area contributed by atoms with Crippen molar-refractivity contribution in [3.05, 3.63) is 0 Å². The van der Waals surface area contributed by atoms with Gasteiger partial charge in [0.25, 0.3) is 0 Å². The summed E-state index contributed by atoms with van der Waals surface area (Å²) in [5.74, 6) is -0.568. The van der Waals surface area contributed by atoms with Gasteiger partial charge in [0.2, 0.25) is 15.9 Å². The Labute approximate surface area is 109 Å². The topological polar surface area (TPSA) is 72.5 Å². The van der Waals surface area contributed by atoms with Crippen molar-refractivity contribution >= 4 is 15.9 Å². The molecule has 6 heteroatoms. The van der Waals surface area contributed by atoms with Gasteiger partial charge < -0.3 is 4.74 Å². The SMILES string of the molecule is CC(C)(C)CC(=O)NS(=O)(=O)CC1CCCCO1. The van der Waals surface area contributed by atoms with Crippen LogP contribution in [0.3, 0.4) is 0 Å². The number of carbonyl (C=O) groups excluding carboxylic acids is 1. The van der Waals surface area contributed by atoms with Gasteiger partial charge in [0.1, 0.15) is 0 Å². The van der Waals surface area contributed by atoms with E-state index in [9.17, 15) is 13.2 Å². The summed E-state index contributed by atoms with van der Waals surface area (Å²) in [6.45, 7) is 6.28. The van der Waals surface area contributed by atoms with Crippen molar-refractivity contribution in [1.82, 2.24) is 4.72 Å². The highest BCUT2D eigenvalue weighted by Crippen LogP contribution is 2.18. The molecular weight excluding hydrogens is 254 g/mol. The Kier molecular flexibility index (Phi) is 5.16. The van der Waals surface area contributed by atoms with Crippen LogP contribution >= 0.6 is 0 Å². The first-order valence-electron chi connectivity index (χ1n) is 6.33. The van der Waals surface area contributed by atoms with Crippen LogP contribution in [0.25, 0.3) is 0 Å². The summed E-state index contributed by atoms with van der Waals surface area (Å²) < 4.78 is 31.0. The lowest BCUT2D eigenvalue weighted by atomic mass is 9.92. The van der Waals surface area contributed by atoms with Gasteiger partial charge in [-0.25, -0.2) is 8.42 Å². The normalized spacial score (nSPS) is 21.6. The van der Waals surface area contributed by atoms with E-state index >= 15 is 0 Å². The molecular formula is C12H23NO4S. The van der Waals surface area contributed by atoms with Crippen LogP contribution in [0.5, 0.6) is 0 Å². The lowest BCUT2D eigenvalue weighted by molar-refractivity contribution is -0.121. The van der Waals surface area contributed by atoms with Crippen LogP contribution in [0, 0.1) is 5.41 Å². The highest BCUT2D eigenvalue weighted by Gasteiger charge is 2.25. The standard InChI is InChI=1S/C12H23NO4S/c1-12(2,3)8-11(14)13-18(15,16)9-10-6-4-5-7-17-10/h10H,4-9H2,1-3H3,(H,13,14). The molecule has 1 N–H and O–H groups in total. The minimum atomic E-state index is -3.58. The van der Waals surface area contributed by atoms with E-state index in [4.69, 9.17) is 4.74 Å². The van der Waals surface area contributed by atoms with Crippen molar-refractivity contribution in [1.29, 1.82) is 0 Å². The second-order valence-corrected chi connectivity index (χ2v) is 7.80. The summed E-state index contributed by atoms with van der Waals surface area (Å²) >= 11 is 0. The second-order valence-electron chi connectivity index (χ2n) is 6.03. The Bertz CT molecular complexity index is 377. The van der Waals surface area contributed by atoms with E-state index in [0.29, 0.717) is 6.61 Å². The molecule has 1 atom stereocenters. The molecule has 5 nitrogen and oxygen atoms in total. The molecule has 0 saturated carbocycles. The van der Waals surface area contributed by atoms with Crippen molar-refractivity contribution in [2.45, 2.75) is 52.6 Å². The van der Waals surface area contributed by atoms with Crippen molar-refractivity contribution in [2.75, 3.05) is 12.4 Å². The third kappa shape index (κ3) is 6.35. The maximum Gasteiger partial charge on any atom is 0.237 e. The van der Waals surface area contributed by atoms with E-state index in [-0.39, 0.29) is 23.7 Å². The molecule has 0 spiro atoms. The molecule has 1 rings (SSSR count). The molecule has 106 valence electrons. The summed E-state index contributed by atoms with van der Waals surface area (Å²) in [6, 6.07) is 0. The van der Waals surface area contributed by atoms with Gasteiger partial charge in [-0.1, -0.05) is 20.8 Å². The Morgan fingerprint density at radius 1 is 1.33 bits per heavy atom. The van der Waals surface area contributed by atoms with Crippen molar-refractivity contribution in [3.63, 3.8) is 0 Å². The Hall–Kier alpha value is -0.620. The van der Waals surface area contributed by atoms with Crippen LogP contribution in [-0.2, 0) is 19.6 Å². The van der Waals surface area contributed by atoms with Gasteiger partial charge in [-0.2, -0.15) is 0 Å². The quantitative estimate of drug-likeness (QED) is 0.844. The van der Waals surface area contributed by atoms with Crippen molar-refractivity contribution in [2.24, 2.45) is 5.41 Å². The predicted molar refractivity (Wildman–Crippen MR) is 69.6 cm³/mol. The molecule has 0 aromatic rings. The number of sulfonamides is 1. The Morgan fingerprint density at radius 3 is 2.50 bits per heavy atom. The summed E-state index contributed by atoms with van der Waals surface area (Å²) in [5.41, 5.74) is -0.221. The molecule has 1 heterocycles. The van der Waals surface area contributed by atoms with Crippen LogP contribution < -0.4 is 4.72 Å². The van der Waals surface area contributed by atoms with Crippen LogP contribution in [-0.4, -0.2) is 32.8 Å². The minimum Gasteiger partial charge on any atom is -0.377 e. The highest BCUT2D eigenvalue weighted by molar-refractivity contribution is 7.90. The maximum absolute atomic E-state index is 11.8. The smallest absolute Gasteiger partial charge is 0.237 e. The first-order chi connectivity index (χ1) is 8.18. The molecule has 1 amide bonds. The van der Waals surface area contributed by atoms with Crippen LogP contribution in [0.4, 0.5) is 0 Å². The molecule has 0 aromatic carbocycles. The minimum absolute atomic E-state index is 0.122. The molecule has 0 radical (unpaired) electrons. The zero-order valence-corrected chi connectivity index (χ0v) is 12.2. The number of hydrogen-bond acceptors (Lipinski definition) is 4. The van der Waals surface area contributed by atoms with E-state index < -0.39 is 15.9 Å². The van der Waals surface area contributed by atoms with E-state index in [1.807, 2.05) is 20.8 Å². The average Bonchev–Trinajstić information content (AvgIpc) is 2.13. The number of rotatable bonds is 4. The first-order valence-corrected chi connectivity index (χ1v) is 7.98. The fourth-order valence-electron chi connectivity index (χ4n) is 1.92. The lowest BCUT2D eigenvalue weighted by Crippen LogP contribution is -2.39. The highest BCUT2D eigenvalue weighted by atomic mass is 32.2. The van der Waals surface area contributed by atoms with Crippen LogP contribution in [0.15, 0.2) is 0 Å². The third-order valence-electron chi connectivity index (χ3n) is 2.64. The lowest BCUT2D eigenvalue weighted by Gasteiger charge is -2.23. The van der Waals surface area contributed by atoms with Crippen LogP contribution in [0.2, 0.25) is 0 Å². The first kappa shape index (κ1) is 15.4. The summed E-state index contributed by atoms with van der Waals surface area (Å²) in [4.78, 5) is 11.6. The largest absolute Gasteiger partial charge is 0.377 e. The van der Waals surface area contributed by atoms with E-state index in [0.717, 1.165) is 19.3 Å². The van der Waals surface area contributed by atoms with Gasteiger partial charge in [0, 0.05) is 13.0 Å². The molecule has 0 aromatic heterocycles. The van der Waals surface area contributed by atoms with Gasteiger partial charge in [-0.15, -0.1) is 0 Å². The molecule has 18 heavy (non-hydrogen) atoms. The average molecular weight is 277 g/mol. The number of ether oxygens (including phenoxy) is 1. The number of carbonyl (C=O) groups is 1. The molecule has 1 unspecified atom stereocenters. The molecule has 0 bridgehead atoms. The number of hydrogen-bond donors (Lipinski definition) is 1. The Morgan fingerprint density at radius 2 is 2.00 bits per heavy atom. The van der Waals surface area contributed by atoms with Gasteiger partial charge in [0.05, 0.1) is 11.9 Å². The summed E-state index contributed by atoms with van der Waals surface area (Å²) in [7, 11) is -3.58. The zero-order valence-electron chi connectivity index (χ0n) is 11.4. The molecule has 1 fully saturated rings. The molecule has 1 aliphatic heterocycles. The van der Waals surface area contributed by atoms with E-state index in [1.54, 1.807) is 0 Å². The zero-order chi connectivity index (χ0) is 13.8.